The SMILES string of the molecule is Clc1ccccc1C1=NCc2nnc(Cc3cccc4ccccc34)n2-c2sc3c(c21)CCNC3. The highest BCUT2D eigenvalue weighted by molar-refractivity contribution is 7.15. The molecule has 2 aliphatic heterocycles. The molecule has 3 aromatic carbocycles. The van der Waals surface area contributed by atoms with Gasteiger partial charge in [0.05, 0.1) is 5.71 Å². The monoisotopic (exact) mass is 495 g/mol. The molecule has 0 saturated carbocycles. The van der Waals surface area contributed by atoms with E-state index in [0.29, 0.717) is 13.0 Å². The Morgan fingerprint density at radius 1 is 0.971 bits per heavy atom. The first-order chi connectivity index (χ1) is 17.3. The summed E-state index contributed by atoms with van der Waals surface area (Å²) in [4.78, 5) is 6.44. The summed E-state index contributed by atoms with van der Waals surface area (Å²) in [6, 6.07) is 23.0. The lowest BCUT2D eigenvalue weighted by atomic mass is 9.96. The molecule has 0 aliphatic carbocycles. The molecule has 35 heavy (non-hydrogen) atoms. The quantitative estimate of drug-likeness (QED) is 0.348. The first kappa shape index (κ1) is 21.0. The van der Waals surface area contributed by atoms with Gasteiger partial charge in [0.1, 0.15) is 17.4 Å². The van der Waals surface area contributed by atoms with E-state index in [2.05, 4.69) is 68.6 Å². The van der Waals surface area contributed by atoms with E-state index in [0.717, 1.165) is 52.5 Å². The van der Waals surface area contributed by atoms with E-state index in [1.54, 1.807) is 0 Å². The molecule has 0 bridgehead atoms. The summed E-state index contributed by atoms with van der Waals surface area (Å²) in [7, 11) is 0. The third-order valence-electron chi connectivity index (χ3n) is 6.88. The lowest BCUT2D eigenvalue weighted by molar-refractivity contribution is 0.654. The van der Waals surface area contributed by atoms with Crippen LogP contribution in [0.5, 0.6) is 0 Å². The smallest absolute Gasteiger partial charge is 0.160 e. The fourth-order valence-electron chi connectivity index (χ4n) is 5.25. The van der Waals surface area contributed by atoms with Crippen molar-refractivity contribution in [2.75, 3.05) is 6.54 Å². The maximum absolute atomic E-state index is 6.68. The van der Waals surface area contributed by atoms with Gasteiger partial charge < -0.3 is 5.32 Å². The van der Waals surface area contributed by atoms with Crippen molar-refractivity contribution in [1.82, 2.24) is 20.1 Å². The summed E-state index contributed by atoms with van der Waals surface area (Å²) in [5.41, 5.74) is 5.76. The zero-order valence-electron chi connectivity index (χ0n) is 19.0. The van der Waals surface area contributed by atoms with Gasteiger partial charge >= 0.3 is 0 Å². The lowest BCUT2D eigenvalue weighted by Crippen LogP contribution is -2.23. The number of aliphatic imine (C=N–C) groups is 1. The van der Waals surface area contributed by atoms with Crippen LogP contribution in [0.4, 0.5) is 0 Å². The number of aromatic nitrogens is 3. The van der Waals surface area contributed by atoms with Crippen LogP contribution in [0.3, 0.4) is 0 Å². The van der Waals surface area contributed by atoms with Crippen molar-refractivity contribution in [3.05, 3.63) is 111 Å². The third-order valence-corrected chi connectivity index (χ3v) is 8.43. The predicted molar refractivity (Wildman–Crippen MR) is 142 cm³/mol. The van der Waals surface area contributed by atoms with Crippen molar-refractivity contribution < 1.29 is 0 Å². The van der Waals surface area contributed by atoms with Gasteiger partial charge in [0.15, 0.2) is 5.82 Å². The van der Waals surface area contributed by atoms with E-state index < -0.39 is 0 Å². The van der Waals surface area contributed by atoms with Crippen LogP contribution in [-0.2, 0) is 25.9 Å². The number of nitrogens with one attached hydrogen (secondary N) is 1. The minimum atomic E-state index is 0.470. The Kier molecular flexibility index (Phi) is 5.05. The van der Waals surface area contributed by atoms with E-state index in [-0.39, 0.29) is 0 Å². The Hall–Kier alpha value is -3.32. The number of thiophene rings is 1. The first-order valence-corrected chi connectivity index (χ1v) is 13.0. The van der Waals surface area contributed by atoms with Crippen molar-refractivity contribution in [1.29, 1.82) is 0 Å². The average Bonchev–Trinajstić information content (AvgIpc) is 3.42. The molecule has 0 spiro atoms. The Labute approximate surface area is 212 Å². The van der Waals surface area contributed by atoms with Crippen molar-refractivity contribution in [2.45, 2.75) is 25.9 Å². The Balaban J connectivity index is 1.42. The van der Waals surface area contributed by atoms with Crippen LogP contribution >= 0.6 is 22.9 Å². The van der Waals surface area contributed by atoms with Crippen molar-refractivity contribution in [3.63, 3.8) is 0 Å². The van der Waals surface area contributed by atoms with Crippen molar-refractivity contribution >= 4 is 39.4 Å². The third kappa shape index (κ3) is 3.44. The van der Waals surface area contributed by atoms with E-state index in [1.807, 2.05) is 29.5 Å². The number of benzene rings is 3. The minimum Gasteiger partial charge on any atom is -0.312 e. The van der Waals surface area contributed by atoms with Gasteiger partial charge in [0.25, 0.3) is 0 Å². The van der Waals surface area contributed by atoms with Crippen LogP contribution in [0.2, 0.25) is 5.02 Å². The van der Waals surface area contributed by atoms with Gasteiger partial charge in [-0.15, -0.1) is 21.5 Å². The second kappa shape index (κ2) is 8.41. The summed E-state index contributed by atoms with van der Waals surface area (Å²) in [5, 5.41) is 17.2. The van der Waals surface area contributed by atoms with Crippen LogP contribution in [0, 0.1) is 0 Å². The molecule has 172 valence electrons. The van der Waals surface area contributed by atoms with Gasteiger partial charge in [-0.3, -0.25) is 9.56 Å². The van der Waals surface area contributed by atoms with Crippen LogP contribution in [-0.4, -0.2) is 27.0 Å². The average molecular weight is 496 g/mol. The normalized spacial score (nSPS) is 14.7. The van der Waals surface area contributed by atoms with Crippen LogP contribution in [0.25, 0.3) is 15.8 Å². The molecule has 0 fully saturated rings. The van der Waals surface area contributed by atoms with Gasteiger partial charge in [0, 0.05) is 34.0 Å². The number of halogens is 1. The maximum atomic E-state index is 6.68. The van der Waals surface area contributed by atoms with E-state index in [9.17, 15) is 0 Å². The predicted octanol–water partition coefficient (Wildman–Crippen LogP) is 5.72. The largest absolute Gasteiger partial charge is 0.312 e. The molecule has 4 heterocycles. The molecule has 1 N–H and O–H groups in total. The fourth-order valence-corrected chi connectivity index (χ4v) is 6.83. The zero-order chi connectivity index (χ0) is 23.4. The Morgan fingerprint density at radius 3 is 2.77 bits per heavy atom. The standard InChI is InChI=1S/C28H22ClN5S/c29-22-11-4-3-10-20(22)27-26-21-12-13-30-15-23(21)35-28(26)34-24(32-33-25(34)16-31-27)14-18-8-5-7-17-6-1-2-9-19(17)18/h1-11,30H,12-16H2. The van der Waals surface area contributed by atoms with Gasteiger partial charge in [0.2, 0.25) is 0 Å². The summed E-state index contributed by atoms with van der Waals surface area (Å²) >= 11 is 8.51. The maximum Gasteiger partial charge on any atom is 0.160 e. The summed E-state index contributed by atoms with van der Waals surface area (Å²) in [6.45, 7) is 2.31. The first-order valence-electron chi connectivity index (χ1n) is 11.8. The van der Waals surface area contributed by atoms with Gasteiger partial charge in [-0.1, -0.05) is 72.3 Å². The molecule has 7 heteroatoms. The molecule has 0 unspecified atom stereocenters. The van der Waals surface area contributed by atoms with E-state index >= 15 is 0 Å². The van der Waals surface area contributed by atoms with E-state index in [1.165, 1.54) is 32.3 Å². The molecule has 5 nitrogen and oxygen atoms in total. The second-order valence-electron chi connectivity index (χ2n) is 8.94. The molecular formula is C28H22ClN5S. The molecule has 0 radical (unpaired) electrons. The Morgan fingerprint density at radius 2 is 1.83 bits per heavy atom. The number of hydrogen-bond donors (Lipinski definition) is 1. The van der Waals surface area contributed by atoms with Crippen molar-refractivity contribution in [3.8, 4) is 5.00 Å². The highest BCUT2D eigenvalue weighted by atomic mass is 35.5. The molecular weight excluding hydrogens is 474 g/mol. The zero-order valence-corrected chi connectivity index (χ0v) is 20.5. The minimum absolute atomic E-state index is 0.470. The number of nitrogens with zero attached hydrogens (tertiary/aromatic N) is 4. The summed E-state index contributed by atoms with van der Waals surface area (Å²) < 4.78 is 2.26. The van der Waals surface area contributed by atoms with Crippen LogP contribution in [0.15, 0.2) is 71.7 Å². The highest BCUT2D eigenvalue weighted by Crippen LogP contribution is 2.39. The molecule has 2 aromatic heterocycles. The number of rotatable bonds is 3. The number of hydrogen-bond acceptors (Lipinski definition) is 5. The second-order valence-corrected chi connectivity index (χ2v) is 10.4. The van der Waals surface area contributed by atoms with Crippen LogP contribution in [0.1, 0.15) is 38.8 Å². The van der Waals surface area contributed by atoms with Gasteiger partial charge in [-0.05, 0) is 40.9 Å². The number of fused-ring (bicyclic) bond motifs is 6. The van der Waals surface area contributed by atoms with E-state index in [4.69, 9.17) is 16.6 Å². The topological polar surface area (TPSA) is 55.1 Å². The fraction of sp³-hybridized carbons (Fsp3) is 0.179. The molecule has 7 rings (SSSR count). The summed E-state index contributed by atoms with van der Waals surface area (Å²) in [6.07, 6.45) is 1.68. The molecule has 0 amide bonds. The van der Waals surface area contributed by atoms with Gasteiger partial charge in [-0.2, -0.15) is 0 Å². The summed E-state index contributed by atoms with van der Waals surface area (Å²) in [5.74, 6) is 1.81. The molecule has 5 aromatic rings. The molecule has 0 saturated heterocycles. The Bertz CT molecular complexity index is 1620. The lowest BCUT2D eigenvalue weighted by Gasteiger charge is -2.16. The van der Waals surface area contributed by atoms with Crippen LogP contribution < -0.4 is 5.32 Å². The highest BCUT2D eigenvalue weighted by Gasteiger charge is 2.31. The molecule has 2 aliphatic rings. The molecule has 0 atom stereocenters. The van der Waals surface area contributed by atoms with Gasteiger partial charge in [-0.25, -0.2) is 0 Å². The van der Waals surface area contributed by atoms with Crippen molar-refractivity contribution in [2.24, 2.45) is 4.99 Å².